The summed E-state index contributed by atoms with van der Waals surface area (Å²) in [5.74, 6) is 0. The molecule has 0 aromatic carbocycles. The van der Waals surface area contributed by atoms with Gasteiger partial charge in [0.05, 0.1) is 5.69 Å². The molecule has 0 spiro atoms. The van der Waals surface area contributed by atoms with Gasteiger partial charge < -0.3 is 11.1 Å². The van der Waals surface area contributed by atoms with Crippen LogP contribution < -0.4 is 11.1 Å². The van der Waals surface area contributed by atoms with Gasteiger partial charge in [-0.1, -0.05) is 0 Å². The number of aromatic nitrogens is 2. The van der Waals surface area contributed by atoms with Gasteiger partial charge in [-0.25, -0.2) is 0 Å². The quantitative estimate of drug-likeness (QED) is 0.674. The number of nitrogens with two attached hydrogens (primary N) is 1. The topological polar surface area (TPSA) is 55.9 Å². The second-order valence-corrected chi connectivity index (χ2v) is 3.32. The maximum absolute atomic E-state index is 5.64. The molecule has 3 N–H and O–H groups in total. The highest BCUT2D eigenvalue weighted by atomic mass is 15.3. The van der Waals surface area contributed by atoms with Crippen molar-refractivity contribution in [2.24, 2.45) is 5.73 Å². The van der Waals surface area contributed by atoms with Crippen molar-refractivity contribution in [1.29, 1.82) is 0 Å². The summed E-state index contributed by atoms with van der Waals surface area (Å²) in [7, 11) is 0. The highest BCUT2D eigenvalue weighted by molar-refractivity contribution is 5.28. The standard InChI is InChI=1S/C9H16N4/c1-2-13-9-3-4-11-6-7(9)8(5-10)12-13/h11H,2-6,10H2,1H3. The maximum atomic E-state index is 5.64. The zero-order valence-corrected chi connectivity index (χ0v) is 8.01. The van der Waals surface area contributed by atoms with Gasteiger partial charge in [0.1, 0.15) is 0 Å². The minimum Gasteiger partial charge on any atom is -0.325 e. The molecule has 0 saturated heterocycles. The number of nitrogens with zero attached hydrogens (tertiary/aromatic N) is 2. The Morgan fingerprint density at radius 2 is 2.46 bits per heavy atom. The first kappa shape index (κ1) is 8.72. The first-order valence-electron chi connectivity index (χ1n) is 4.85. The lowest BCUT2D eigenvalue weighted by Crippen LogP contribution is -2.25. The molecule has 0 bridgehead atoms. The van der Waals surface area contributed by atoms with Gasteiger partial charge in [-0.3, -0.25) is 4.68 Å². The van der Waals surface area contributed by atoms with Crippen molar-refractivity contribution < 1.29 is 0 Å². The van der Waals surface area contributed by atoms with E-state index in [2.05, 4.69) is 22.0 Å². The molecule has 1 aliphatic rings. The van der Waals surface area contributed by atoms with Gasteiger partial charge in [-0.15, -0.1) is 0 Å². The Morgan fingerprint density at radius 1 is 1.62 bits per heavy atom. The van der Waals surface area contributed by atoms with Crippen LogP contribution in [0.5, 0.6) is 0 Å². The van der Waals surface area contributed by atoms with Crippen molar-refractivity contribution in [3.8, 4) is 0 Å². The van der Waals surface area contributed by atoms with Gasteiger partial charge in [0, 0.05) is 43.9 Å². The van der Waals surface area contributed by atoms with Crippen molar-refractivity contribution in [3.63, 3.8) is 0 Å². The highest BCUT2D eigenvalue weighted by Crippen LogP contribution is 2.17. The molecule has 0 fully saturated rings. The summed E-state index contributed by atoms with van der Waals surface area (Å²) in [6.45, 7) is 5.61. The fraction of sp³-hybridized carbons (Fsp3) is 0.667. The van der Waals surface area contributed by atoms with Crippen LogP contribution in [0.15, 0.2) is 0 Å². The van der Waals surface area contributed by atoms with Crippen LogP contribution in [0.3, 0.4) is 0 Å². The fourth-order valence-electron chi connectivity index (χ4n) is 1.92. The second kappa shape index (κ2) is 3.47. The Labute approximate surface area is 78.1 Å². The van der Waals surface area contributed by atoms with E-state index in [4.69, 9.17) is 5.73 Å². The summed E-state index contributed by atoms with van der Waals surface area (Å²) < 4.78 is 2.08. The third-order valence-corrected chi connectivity index (χ3v) is 2.58. The van der Waals surface area contributed by atoms with Gasteiger partial charge in [0.2, 0.25) is 0 Å². The predicted molar refractivity (Wildman–Crippen MR) is 51.2 cm³/mol. The van der Waals surface area contributed by atoms with Crippen LogP contribution in [0, 0.1) is 0 Å². The lowest BCUT2D eigenvalue weighted by Gasteiger charge is -2.14. The summed E-state index contributed by atoms with van der Waals surface area (Å²) in [5.41, 5.74) is 9.40. The Kier molecular flexibility index (Phi) is 2.33. The molecule has 0 amide bonds. The molecule has 1 aliphatic heterocycles. The molecule has 0 radical (unpaired) electrons. The first-order chi connectivity index (χ1) is 6.36. The van der Waals surface area contributed by atoms with Gasteiger partial charge in [0.15, 0.2) is 0 Å². The SMILES string of the molecule is CCn1nc(CN)c2c1CCNC2. The minimum atomic E-state index is 0.553. The molecule has 1 aromatic heterocycles. The molecular weight excluding hydrogens is 164 g/mol. The molecule has 4 heteroatoms. The van der Waals surface area contributed by atoms with Gasteiger partial charge in [-0.05, 0) is 6.92 Å². The maximum Gasteiger partial charge on any atom is 0.0808 e. The number of hydrogen-bond donors (Lipinski definition) is 2. The van der Waals surface area contributed by atoms with Gasteiger partial charge >= 0.3 is 0 Å². The van der Waals surface area contributed by atoms with E-state index in [1.807, 2.05) is 0 Å². The molecule has 72 valence electrons. The highest BCUT2D eigenvalue weighted by Gasteiger charge is 2.18. The van der Waals surface area contributed by atoms with Crippen LogP contribution in [-0.4, -0.2) is 16.3 Å². The molecule has 13 heavy (non-hydrogen) atoms. The largest absolute Gasteiger partial charge is 0.325 e. The molecular formula is C9H16N4. The van der Waals surface area contributed by atoms with Crippen molar-refractivity contribution in [2.75, 3.05) is 6.54 Å². The average molecular weight is 180 g/mol. The summed E-state index contributed by atoms with van der Waals surface area (Å²) in [6.07, 6.45) is 1.08. The summed E-state index contributed by atoms with van der Waals surface area (Å²) in [6, 6.07) is 0. The Morgan fingerprint density at radius 3 is 3.15 bits per heavy atom. The van der Waals surface area contributed by atoms with Crippen molar-refractivity contribution in [3.05, 3.63) is 17.0 Å². The fourth-order valence-corrected chi connectivity index (χ4v) is 1.92. The predicted octanol–water partition coefficient (Wildman–Crippen LogP) is 0.00740. The average Bonchev–Trinajstić information content (AvgIpc) is 2.56. The van der Waals surface area contributed by atoms with Crippen molar-refractivity contribution in [2.45, 2.75) is 33.0 Å². The Bertz CT molecular complexity index is 274. The lowest BCUT2D eigenvalue weighted by atomic mass is 10.1. The third kappa shape index (κ3) is 1.36. The van der Waals surface area contributed by atoms with E-state index in [0.717, 1.165) is 31.7 Å². The van der Waals surface area contributed by atoms with Crippen molar-refractivity contribution >= 4 is 0 Å². The molecule has 0 atom stereocenters. The molecule has 0 saturated carbocycles. The van der Waals surface area contributed by atoms with Gasteiger partial charge in [0.25, 0.3) is 0 Å². The van der Waals surface area contributed by atoms with Gasteiger partial charge in [-0.2, -0.15) is 5.10 Å². The zero-order valence-electron chi connectivity index (χ0n) is 8.01. The van der Waals surface area contributed by atoms with Crippen LogP contribution in [0.25, 0.3) is 0 Å². The summed E-state index contributed by atoms with van der Waals surface area (Å²) in [5, 5.41) is 7.82. The molecule has 4 nitrogen and oxygen atoms in total. The summed E-state index contributed by atoms with van der Waals surface area (Å²) >= 11 is 0. The van der Waals surface area contributed by atoms with Crippen LogP contribution in [-0.2, 0) is 26.1 Å². The smallest absolute Gasteiger partial charge is 0.0808 e. The lowest BCUT2D eigenvalue weighted by molar-refractivity contribution is 0.571. The number of rotatable bonds is 2. The normalized spacial score (nSPS) is 15.8. The van der Waals surface area contributed by atoms with E-state index in [1.54, 1.807) is 0 Å². The van der Waals surface area contributed by atoms with E-state index in [0.29, 0.717) is 6.54 Å². The van der Waals surface area contributed by atoms with Crippen LogP contribution in [0.2, 0.25) is 0 Å². The van der Waals surface area contributed by atoms with E-state index in [-0.39, 0.29) is 0 Å². The number of aryl methyl sites for hydroxylation is 1. The Balaban J connectivity index is 2.44. The molecule has 2 rings (SSSR count). The molecule has 0 aliphatic carbocycles. The third-order valence-electron chi connectivity index (χ3n) is 2.58. The second-order valence-electron chi connectivity index (χ2n) is 3.32. The van der Waals surface area contributed by atoms with Crippen LogP contribution in [0.1, 0.15) is 23.9 Å². The van der Waals surface area contributed by atoms with Crippen molar-refractivity contribution in [1.82, 2.24) is 15.1 Å². The zero-order chi connectivity index (χ0) is 9.26. The van der Waals surface area contributed by atoms with Crippen LogP contribution >= 0.6 is 0 Å². The number of nitrogens with one attached hydrogen (secondary N) is 1. The van der Waals surface area contributed by atoms with E-state index in [1.165, 1.54) is 11.3 Å². The first-order valence-corrected chi connectivity index (χ1v) is 4.85. The van der Waals surface area contributed by atoms with E-state index < -0.39 is 0 Å². The summed E-state index contributed by atoms with van der Waals surface area (Å²) in [4.78, 5) is 0. The molecule has 1 aromatic rings. The minimum absolute atomic E-state index is 0.553. The number of hydrogen-bond acceptors (Lipinski definition) is 3. The van der Waals surface area contributed by atoms with Crippen LogP contribution in [0.4, 0.5) is 0 Å². The monoisotopic (exact) mass is 180 g/mol. The van der Waals surface area contributed by atoms with E-state index in [9.17, 15) is 0 Å². The number of fused-ring (bicyclic) bond motifs is 1. The molecule has 2 heterocycles. The van der Waals surface area contributed by atoms with E-state index >= 15 is 0 Å². The molecule has 0 unspecified atom stereocenters. The Hall–Kier alpha value is -0.870.